The van der Waals surface area contributed by atoms with Crippen LogP contribution in [0.1, 0.15) is 64.8 Å². The van der Waals surface area contributed by atoms with Crippen molar-refractivity contribution < 1.29 is 9.59 Å². The Morgan fingerprint density at radius 3 is 2.63 bits per heavy atom. The van der Waals surface area contributed by atoms with E-state index in [9.17, 15) is 9.59 Å². The molecule has 0 saturated carbocycles. The summed E-state index contributed by atoms with van der Waals surface area (Å²) in [7, 11) is 2.18. The van der Waals surface area contributed by atoms with Gasteiger partial charge in [-0.1, -0.05) is 19.1 Å². The van der Waals surface area contributed by atoms with Gasteiger partial charge in [-0.3, -0.25) is 9.59 Å². The van der Waals surface area contributed by atoms with Crippen molar-refractivity contribution in [2.75, 3.05) is 25.5 Å². The van der Waals surface area contributed by atoms with E-state index in [0.717, 1.165) is 25.2 Å². The van der Waals surface area contributed by atoms with Crippen molar-refractivity contribution >= 4 is 38.8 Å². The number of nitrogens with one attached hydrogen (secondary N) is 1. The number of benzene rings is 2. The SMILES string of the molecule is CCCC(=O)c1cccc(C(=O)Nc2ccc3scc(C4CCN(C)CC4)c3c2)c1. The van der Waals surface area contributed by atoms with E-state index < -0.39 is 0 Å². The first-order valence-electron chi connectivity index (χ1n) is 10.7. The summed E-state index contributed by atoms with van der Waals surface area (Å²) >= 11 is 1.78. The van der Waals surface area contributed by atoms with Gasteiger partial charge in [-0.05, 0) is 92.0 Å². The molecular weight excluding hydrogens is 392 g/mol. The molecule has 0 aliphatic carbocycles. The minimum absolute atomic E-state index is 0.0783. The lowest BCUT2D eigenvalue weighted by Crippen LogP contribution is -2.29. The third kappa shape index (κ3) is 4.47. The Kier molecular flexibility index (Phi) is 6.30. The van der Waals surface area contributed by atoms with E-state index in [1.807, 2.05) is 13.0 Å². The highest BCUT2D eigenvalue weighted by Crippen LogP contribution is 2.37. The van der Waals surface area contributed by atoms with Crippen molar-refractivity contribution in [3.63, 3.8) is 0 Å². The molecule has 1 N–H and O–H groups in total. The summed E-state index contributed by atoms with van der Waals surface area (Å²) in [6, 6.07) is 13.2. The topological polar surface area (TPSA) is 49.4 Å². The standard InChI is InChI=1S/C25H28N2O2S/c1-3-5-23(28)18-6-4-7-19(14-18)25(29)26-20-8-9-24-21(15-20)22(16-30-24)17-10-12-27(2)13-11-17/h4,6-9,14-17H,3,5,10-13H2,1-2H3,(H,26,29). The summed E-state index contributed by atoms with van der Waals surface area (Å²) in [6.45, 7) is 4.24. The monoisotopic (exact) mass is 420 g/mol. The Morgan fingerprint density at radius 2 is 1.87 bits per heavy atom. The molecule has 3 aromatic rings. The molecule has 0 atom stereocenters. The van der Waals surface area contributed by atoms with Crippen molar-refractivity contribution in [3.05, 3.63) is 64.5 Å². The van der Waals surface area contributed by atoms with Crippen molar-refractivity contribution in [1.82, 2.24) is 4.90 Å². The average Bonchev–Trinajstić information content (AvgIpc) is 3.18. The highest BCUT2D eigenvalue weighted by Gasteiger charge is 2.21. The predicted molar refractivity (Wildman–Crippen MR) is 125 cm³/mol. The molecule has 0 radical (unpaired) electrons. The molecule has 4 nitrogen and oxygen atoms in total. The number of likely N-dealkylation sites (tertiary alicyclic amines) is 1. The molecule has 2 heterocycles. The number of Topliss-reactive ketones (excluding diaryl/α,β-unsaturated/α-hetero) is 1. The number of nitrogens with zero attached hydrogens (tertiary/aromatic N) is 1. The Hall–Kier alpha value is -2.50. The van der Waals surface area contributed by atoms with Crippen LogP contribution in [0.4, 0.5) is 5.69 Å². The second kappa shape index (κ2) is 9.11. The predicted octanol–water partition coefficient (Wildman–Crippen LogP) is 5.95. The summed E-state index contributed by atoms with van der Waals surface area (Å²) in [5.74, 6) is 0.480. The molecule has 0 spiro atoms. The maximum absolute atomic E-state index is 12.8. The Balaban J connectivity index is 1.54. The molecule has 0 unspecified atom stereocenters. The number of piperidine rings is 1. The number of amides is 1. The number of carbonyl (C=O) groups is 2. The van der Waals surface area contributed by atoms with Gasteiger partial charge in [0.05, 0.1) is 0 Å². The zero-order chi connectivity index (χ0) is 21.1. The number of rotatable bonds is 6. The number of ketones is 1. The van der Waals surface area contributed by atoms with Gasteiger partial charge in [0.25, 0.3) is 5.91 Å². The lowest BCUT2D eigenvalue weighted by Gasteiger charge is -2.28. The lowest BCUT2D eigenvalue weighted by molar-refractivity contribution is 0.0981. The molecule has 5 heteroatoms. The summed E-state index contributed by atoms with van der Waals surface area (Å²) in [5.41, 5.74) is 3.32. The second-order valence-electron chi connectivity index (χ2n) is 8.19. The average molecular weight is 421 g/mol. The van der Waals surface area contributed by atoms with Crippen LogP contribution >= 0.6 is 11.3 Å². The highest BCUT2D eigenvalue weighted by molar-refractivity contribution is 7.17. The number of carbonyl (C=O) groups excluding carboxylic acids is 2. The molecule has 1 aliphatic rings. The van der Waals surface area contributed by atoms with Crippen molar-refractivity contribution in [1.29, 1.82) is 0 Å². The molecule has 1 saturated heterocycles. The fraction of sp³-hybridized carbons (Fsp3) is 0.360. The fourth-order valence-corrected chi connectivity index (χ4v) is 5.19. The third-order valence-electron chi connectivity index (χ3n) is 5.94. The fourth-order valence-electron chi connectivity index (χ4n) is 4.17. The molecule has 1 amide bonds. The van der Waals surface area contributed by atoms with Crippen LogP contribution in [0.3, 0.4) is 0 Å². The Labute approximate surface area is 181 Å². The second-order valence-corrected chi connectivity index (χ2v) is 9.10. The molecular formula is C25H28N2O2S. The number of hydrogen-bond acceptors (Lipinski definition) is 4. The first-order chi connectivity index (χ1) is 14.5. The van der Waals surface area contributed by atoms with Gasteiger partial charge < -0.3 is 10.2 Å². The number of hydrogen-bond donors (Lipinski definition) is 1. The Morgan fingerprint density at radius 1 is 1.10 bits per heavy atom. The van der Waals surface area contributed by atoms with E-state index in [-0.39, 0.29) is 11.7 Å². The van der Waals surface area contributed by atoms with Crippen LogP contribution in [0.15, 0.2) is 47.8 Å². The number of fused-ring (bicyclic) bond motifs is 1. The van der Waals surface area contributed by atoms with E-state index in [1.165, 1.54) is 28.5 Å². The van der Waals surface area contributed by atoms with Gasteiger partial charge in [0.15, 0.2) is 5.78 Å². The first kappa shape index (κ1) is 20.8. The van der Waals surface area contributed by atoms with Crippen LogP contribution in [0.5, 0.6) is 0 Å². The van der Waals surface area contributed by atoms with Gasteiger partial charge in [0, 0.05) is 27.9 Å². The van der Waals surface area contributed by atoms with Crippen LogP contribution in [-0.2, 0) is 0 Å². The van der Waals surface area contributed by atoms with Gasteiger partial charge >= 0.3 is 0 Å². The molecule has 2 aromatic carbocycles. The summed E-state index contributed by atoms with van der Waals surface area (Å²) in [4.78, 5) is 27.4. The summed E-state index contributed by atoms with van der Waals surface area (Å²) < 4.78 is 1.26. The normalized spacial score (nSPS) is 15.4. The van der Waals surface area contributed by atoms with Gasteiger partial charge in [-0.2, -0.15) is 0 Å². The molecule has 30 heavy (non-hydrogen) atoms. The number of thiophene rings is 1. The summed E-state index contributed by atoms with van der Waals surface area (Å²) in [5, 5.41) is 6.56. The van der Waals surface area contributed by atoms with Crippen LogP contribution in [0, 0.1) is 0 Å². The van der Waals surface area contributed by atoms with Crippen molar-refractivity contribution in [3.8, 4) is 0 Å². The molecule has 1 aromatic heterocycles. The van der Waals surface area contributed by atoms with E-state index in [4.69, 9.17) is 0 Å². The first-order valence-corrected chi connectivity index (χ1v) is 11.6. The minimum atomic E-state index is -0.184. The largest absolute Gasteiger partial charge is 0.322 e. The van der Waals surface area contributed by atoms with E-state index >= 15 is 0 Å². The molecule has 1 aliphatic heterocycles. The maximum atomic E-state index is 12.8. The van der Waals surface area contributed by atoms with E-state index in [0.29, 0.717) is 23.5 Å². The molecule has 156 valence electrons. The van der Waals surface area contributed by atoms with Crippen molar-refractivity contribution in [2.24, 2.45) is 0 Å². The summed E-state index contributed by atoms with van der Waals surface area (Å²) in [6.07, 6.45) is 3.66. The zero-order valence-corrected chi connectivity index (χ0v) is 18.4. The smallest absolute Gasteiger partial charge is 0.255 e. The minimum Gasteiger partial charge on any atom is -0.322 e. The molecule has 0 bridgehead atoms. The van der Waals surface area contributed by atoms with Crippen LogP contribution in [0.25, 0.3) is 10.1 Å². The van der Waals surface area contributed by atoms with E-state index in [1.54, 1.807) is 35.6 Å². The van der Waals surface area contributed by atoms with E-state index in [2.05, 4.69) is 34.8 Å². The van der Waals surface area contributed by atoms with Gasteiger partial charge in [-0.25, -0.2) is 0 Å². The lowest BCUT2D eigenvalue weighted by atomic mass is 9.89. The van der Waals surface area contributed by atoms with Gasteiger partial charge in [-0.15, -0.1) is 11.3 Å². The maximum Gasteiger partial charge on any atom is 0.255 e. The van der Waals surface area contributed by atoms with Gasteiger partial charge in [0.2, 0.25) is 0 Å². The van der Waals surface area contributed by atoms with Crippen LogP contribution in [0.2, 0.25) is 0 Å². The number of anilines is 1. The Bertz CT molecular complexity index is 1060. The molecule has 4 rings (SSSR count). The highest BCUT2D eigenvalue weighted by atomic mass is 32.1. The quantitative estimate of drug-likeness (QED) is 0.502. The van der Waals surface area contributed by atoms with Crippen LogP contribution in [-0.4, -0.2) is 36.7 Å². The molecule has 1 fully saturated rings. The van der Waals surface area contributed by atoms with Crippen molar-refractivity contribution in [2.45, 2.75) is 38.5 Å². The zero-order valence-electron chi connectivity index (χ0n) is 17.6. The van der Waals surface area contributed by atoms with Crippen LogP contribution < -0.4 is 5.32 Å². The third-order valence-corrected chi connectivity index (χ3v) is 6.93. The van der Waals surface area contributed by atoms with Gasteiger partial charge in [0.1, 0.15) is 0 Å².